The van der Waals surface area contributed by atoms with Crippen molar-refractivity contribution in [3.8, 4) is 11.3 Å². The van der Waals surface area contributed by atoms with E-state index in [1.165, 1.54) is 12.8 Å². The number of hydrogen-bond donors (Lipinski definition) is 2. The average Bonchev–Trinajstić information content (AvgIpc) is 3.54. The molecule has 1 aliphatic carbocycles. The highest BCUT2D eigenvalue weighted by Gasteiger charge is 2.34. The molecule has 11 nitrogen and oxygen atoms in total. The summed E-state index contributed by atoms with van der Waals surface area (Å²) in [6, 6.07) is 1.84. The molecule has 208 valence electrons. The molecule has 0 bridgehead atoms. The zero-order valence-corrected chi connectivity index (χ0v) is 23.0. The van der Waals surface area contributed by atoms with E-state index in [0.717, 1.165) is 55.1 Å². The van der Waals surface area contributed by atoms with E-state index in [9.17, 15) is 4.79 Å². The van der Waals surface area contributed by atoms with Crippen LogP contribution in [-0.2, 0) is 20.9 Å². The van der Waals surface area contributed by atoms with Crippen LogP contribution in [0.25, 0.3) is 22.4 Å². The summed E-state index contributed by atoms with van der Waals surface area (Å²) < 4.78 is 14.1. The lowest BCUT2D eigenvalue weighted by Gasteiger charge is -2.31. The van der Waals surface area contributed by atoms with Crippen molar-refractivity contribution in [3.05, 3.63) is 35.1 Å². The van der Waals surface area contributed by atoms with Gasteiger partial charge in [0.2, 0.25) is 0 Å². The maximum atomic E-state index is 11.8. The first-order valence-corrected chi connectivity index (χ1v) is 14.1. The average molecular weight is 556 g/mol. The van der Waals surface area contributed by atoms with Crippen LogP contribution in [-0.4, -0.2) is 50.9 Å². The third-order valence-electron chi connectivity index (χ3n) is 8.20. The van der Waals surface area contributed by atoms with Crippen LogP contribution in [0.4, 0.5) is 4.79 Å². The number of halogens is 1. The normalized spacial score (nSPS) is 25.0. The van der Waals surface area contributed by atoms with Crippen LogP contribution in [0.15, 0.2) is 18.5 Å². The van der Waals surface area contributed by atoms with Gasteiger partial charge in [-0.3, -0.25) is 10.3 Å². The number of nitrogens with one attached hydrogen (secondary N) is 2. The molecule has 0 radical (unpaired) electrons. The molecule has 5 heterocycles. The number of rotatable bonds is 7. The fraction of sp³-hybridized carbons (Fsp3) is 0.593. The number of methoxy groups -OCH3 is 1. The molecule has 3 fully saturated rings. The summed E-state index contributed by atoms with van der Waals surface area (Å²) in [7, 11) is 1.75. The summed E-state index contributed by atoms with van der Waals surface area (Å²) >= 11 is 6.37. The van der Waals surface area contributed by atoms with Gasteiger partial charge >= 0.3 is 6.09 Å². The van der Waals surface area contributed by atoms with E-state index in [-0.39, 0.29) is 12.0 Å². The van der Waals surface area contributed by atoms with Gasteiger partial charge in [0.1, 0.15) is 23.1 Å². The minimum Gasteiger partial charge on any atom is -0.381 e. The second-order valence-corrected chi connectivity index (χ2v) is 11.3. The quantitative estimate of drug-likeness (QED) is 0.425. The van der Waals surface area contributed by atoms with Crippen LogP contribution in [0.3, 0.4) is 0 Å². The fourth-order valence-corrected chi connectivity index (χ4v) is 6.22. The third-order valence-corrected chi connectivity index (χ3v) is 8.40. The topological polar surface area (TPSA) is 125 Å². The Morgan fingerprint density at radius 3 is 2.62 bits per heavy atom. The number of ether oxygens (including phenoxy) is 2. The number of hydrogen-bond acceptors (Lipinski definition) is 9. The molecule has 3 aliphatic rings. The molecule has 1 saturated carbocycles. The number of aromatic nitrogens is 5. The standard InChI is InChI=1S/C27H34ClN7O4/c1-15-3-5-16(6-4-15)14-35-21-20(18-11-19(28)13-29-12-18)30-24(25-33-27(36)39-34-25)31-23(21)32-26(35)22(37-2)17-7-9-38-10-8-17/h11-13,15-17,22,25,34H,3-10,14H2,1-2H3,(H,33,36). The van der Waals surface area contributed by atoms with Gasteiger partial charge in [0.25, 0.3) is 0 Å². The van der Waals surface area contributed by atoms with Crippen LogP contribution >= 0.6 is 11.6 Å². The maximum absolute atomic E-state index is 11.8. The van der Waals surface area contributed by atoms with Crippen molar-refractivity contribution in [1.29, 1.82) is 0 Å². The molecular formula is C27H34ClN7O4. The first-order valence-electron chi connectivity index (χ1n) is 13.7. The zero-order valence-electron chi connectivity index (χ0n) is 22.2. The Hall–Kier alpha value is -2.86. The Morgan fingerprint density at radius 2 is 1.92 bits per heavy atom. The number of carbonyl (C=O) groups excluding carboxylic acids is 1. The lowest BCUT2D eigenvalue weighted by atomic mass is 9.83. The number of imidazole rings is 1. The Balaban J connectivity index is 1.53. The van der Waals surface area contributed by atoms with Crippen molar-refractivity contribution < 1.29 is 19.1 Å². The Labute approximate surface area is 232 Å². The summed E-state index contributed by atoms with van der Waals surface area (Å²) in [6.07, 6.45) is 8.39. The molecule has 3 aromatic rings. The van der Waals surface area contributed by atoms with E-state index >= 15 is 0 Å². The highest BCUT2D eigenvalue weighted by Crippen LogP contribution is 2.38. The molecule has 12 heteroatoms. The summed E-state index contributed by atoms with van der Waals surface area (Å²) in [6.45, 7) is 4.55. The summed E-state index contributed by atoms with van der Waals surface area (Å²) in [5.41, 5.74) is 5.40. The molecule has 0 spiro atoms. The molecule has 2 unspecified atom stereocenters. The monoisotopic (exact) mass is 555 g/mol. The van der Waals surface area contributed by atoms with Gasteiger partial charge in [0.05, 0.1) is 5.02 Å². The number of hydroxylamine groups is 1. The van der Waals surface area contributed by atoms with E-state index in [1.54, 1.807) is 19.5 Å². The van der Waals surface area contributed by atoms with Crippen LogP contribution in [0, 0.1) is 17.8 Å². The molecule has 2 saturated heterocycles. The Bertz CT molecular complexity index is 1340. The van der Waals surface area contributed by atoms with E-state index in [1.807, 2.05) is 6.07 Å². The van der Waals surface area contributed by atoms with Gasteiger partial charge in [-0.15, -0.1) is 5.48 Å². The Kier molecular flexibility index (Phi) is 7.66. The highest BCUT2D eigenvalue weighted by atomic mass is 35.5. The smallest absolute Gasteiger partial charge is 0.381 e. The van der Waals surface area contributed by atoms with Gasteiger partial charge < -0.3 is 18.9 Å². The van der Waals surface area contributed by atoms with Crippen LogP contribution in [0.5, 0.6) is 0 Å². The molecule has 6 rings (SSSR count). The van der Waals surface area contributed by atoms with E-state index < -0.39 is 12.3 Å². The number of carbonyl (C=O) groups is 1. The van der Waals surface area contributed by atoms with Crippen molar-refractivity contribution in [2.45, 2.75) is 64.3 Å². The fourth-order valence-electron chi connectivity index (χ4n) is 6.05. The lowest BCUT2D eigenvalue weighted by Crippen LogP contribution is -2.27. The molecule has 3 aromatic heterocycles. The van der Waals surface area contributed by atoms with Gasteiger partial charge in [-0.25, -0.2) is 19.7 Å². The van der Waals surface area contributed by atoms with E-state index in [2.05, 4.69) is 27.3 Å². The lowest BCUT2D eigenvalue weighted by molar-refractivity contribution is -0.0200. The predicted molar refractivity (Wildman–Crippen MR) is 143 cm³/mol. The van der Waals surface area contributed by atoms with Gasteiger partial charge in [-0.05, 0) is 49.5 Å². The summed E-state index contributed by atoms with van der Waals surface area (Å²) in [5.74, 6) is 2.73. The number of nitrogens with zero attached hydrogens (tertiary/aromatic N) is 5. The van der Waals surface area contributed by atoms with Crippen molar-refractivity contribution in [3.63, 3.8) is 0 Å². The van der Waals surface area contributed by atoms with Gasteiger partial charge in [-0.1, -0.05) is 31.4 Å². The first-order chi connectivity index (χ1) is 19.0. The second-order valence-electron chi connectivity index (χ2n) is 10.9. The molecule has 1 amide bonds. The third kappa shape index (κ3) is 5.45. The molecule has 2 atom stereocenters. The highest BCUT2D eigenvalue weighted by molar-refractivity contribution is 6.30. The van der Waals surface area contributed by atoms with Crippen molar-refractivity contribution in [2.24, 2.45) is 17.8 Å². The number of pyridine rings is 1. The predicted octanol–water partition coefficient (Wildman–Crippen LogP) is 4.73. The number of amides is 1. The maximum Gasteiger partial charge on any atom is 0.427 e. The SMILES string of the molecule is COC(c1nc2nc(C3NOC(=O)N3)nc(-c3cncc(Cl)c3)c2n1CC1CCC(C)CC1)C1CCOCC1. The van der Waals surface area contributed by atoms with Crippen LogP contribution < -0.4 is 10.8 Å². The van der Waals surface area contributed by atoms with E-state index in [4.69, 9.17) is 40.9 Å². The molecule has 39 heavy (non-hydrogen) atoms. The van der Waals surface area contributed by atoms with Crippen molar-refractivity contribution in [1.82, 2.24) is 35.3 Å². The Morgan fingerprint density at radius 1 is 1.13 bits per heavy atom. The van der Waals surface area contributed by atoms with Gasteiger partial charge in [-0.2, -0.15) is 0 Å². The van der Waals surface area contributed by atoms with Gasteiger partial charge in [0.15, 0.2) is 17.6 Å². The molecular weight excluding hydrogens is 522 g/mol. The summed E-state index contributed by atoms with van der Waals surface area (Å²) in [4.78, 5) is 35.8. The van der Waals surface area contributed by atoms with E-state index in [0.29, 0.717) is 41.3 Å². The minimum absolute atomic E-state index is 0.216. The first kappa shape index (κ1) is 26.4. The van der Waals surface area contributed by atoms with Gasteiger partial charge in [0, 0.05) is 44.8 Å². The second kappa shape index (κ2) is 11.3. The number of fused-ring (bicyclic) bond motifs is 1. The van der Waals surface area contributed by atoms with Crippen molar-refractivity contribution >= 4 is 28.9 Å². The van der Waals surface area contributed by atoms with Crippen LogP contribution in [0.2, 0.25) is 5.02 Å². The zero-order chi connectivity index (χ0) is 26.9. The minimum atomic E-state index is -0.713. The molecule has 2 aliphatic heterocycles. The molecule has 2 N–H and O–H groups in total. The van der Waals surface area contributed by atoms with Crippen LogP contribution in [0.1, 0.15) is 69.4 Å². The molecule has 0 aromatic carbocycles. The largest absolute Gasteiger partial charge is 0.427 e. The van der Waals surface area contributed by atoms with Crippen molar-refractivity contribution in [2.75, 3.05) is 20.3 Å². The summed E-state index contributed by atoms with van der Waals surface area (Å²) in [5, 5.41) is 3.19.